The van der Waals surface area contributed by atoms with Gasteiger partial charge in [0.25, 0.3) is 0 Å². The largest absolute Gasteiger partial charge is 0.482 e. The number of ether oxygens (including phenoxy) is 1. The lowest BCUT2D eigenvalue weighted by atomic mass is 9.73. The van der Waals surface area contributed by atoms with Crippen LogP contribution in [-0.4, -0.2) is 17.7 Å². The lowest BCUT2D eigenvalue weighted by molar-refractivity contribution is -0.139. The molecule has 3 nitrogen and oxygen atoms in total. The predicted octanol–water partition coefficient (Wildman–Crippen LogP) is 5.64. The normalized spacial score (nSPS) is 24.1. The molecule has 2 aliphatic carbocycles. The Morgan fingerprint density at radius 3 is 2.73 bits per heavy atom. The molecule has 0 aromatic heterocycles. The fraction of sp³-hybridized carbons (Fsp3) is 0.696. The SMILES string of the molecule is CCCCCCCCC1CC[C@@H]2Cc3c(cccc3OCC(=O)O)C[C@H]12. The third-order valence-corrected chi connectivity index (χ3v) is 6.55. The topological polar surface area (TPSA) is 46.5 Å². The molecule has 3 atom stereocenters. The molecule has 1 saturated carbocycles. The van der Waals surface area contributed by atoms with E-state index in [0.717, 1.165) is 36.3 Å². The van der Waals surface area contributed by atoms with Crippen LogP contribution in [0.2, 0.25) is 0 Å². The van der Waals surface area contributed by atoms with E-state index >= 15 is 0 Å². The van der Waals surface area contributed by atoms with Crippen LogP contribution in [0.15, 0.2) is 18.2 Å². The fourth-order valence-corrected chi connectivity index (χ4v) is 5.20. The zero-order chi connectivity index (χ0) is 18.4. The minimum absolute atomic E-state index is 0.245. The van der Waals surface area contributed by atoms with Gasteiger partial charge < -0.3 is 9.84 Å². The van der Waals surface area contributed by atoms with E-state index in [1.807, 2.05) is 12.1 Å². The third-order valence-electron chi connectivity index (χ3n) is 6.55. The highest BCUT2D eigenvalue weighted by Gasteiger charge is 2.39. The van der Waals surface area contributed by atoms with Gasteiger partial charge in [-0.25, -0.2) is 4.79 Å². The Kier molecular flexibility index (Phi) is 6.99. The number of hydrogen-bond acceptors (Lipinski definition) is 2. The van der Waals surface area contributed by atoms with Crippen LogP contribution in [-0.2, 0) is 17.6 Å². The van der Waals surface area contributed by atoms with Crippen LogP contribution < -0.4 is 4.74 Å². The Morgan fingerprint density at radius 1 is 1.12 bits per heavy atom. The number of carbonyl (C=O) groups is 1. The van der Waals surface area contributed by atoms with E-state index in [1.165, 1.54) is 68.9 Å². The van der Waals surface area contributed by atoms with Gasteiger partial charge in [-0.2, -0.15) is 0 Å². The molecule has 0 spiro atoms. The summed E-state index contributed by atoms with van der Waals surface area (Å²) in [5, 5.41) is 8.89. The van der Waals surface area contributed by atoms with Crippen LogP contribution in [0.25, 0.3) is 0 Å². The van der Waals surface area contributed by atoms with E-state index in [2.05, 4.69) is 13.0 Å². The molecule has 1 aromatic carbocycles. The molecular formula is C23H34O3. The maximum atomic E-state index is 10.8. The van der Waals surface area contributed by atoms with Crippen LogP contribution in [0.1, 0.15) is 75.8 Å². The van der Waals surface area contributed by atoms with E-state index in [0.29, 0.717) is 0 Å². The molecule has 0 radical (unpaired) electrons. The van der Waals surface area contributed by atoms with Gasteiger partial charge in [-0.05, 0) is 60.6 Å². The van der Waals surface area contributed by atoms with Crippen LogP contribution in [0.4, 0.5) is 0 Å². The zero-order valence-electron chi connectivity index (χ0n) is 16.2. The zero-order valence-corrected chi connectivity index (χ0v) is 16.2. The summed E-state index contributed by atoms with van der Waals surface area (Å²) in [6, 6.07) is 6.18. The first-order valence-electron chi connectivity index (χ1n) is 10.6. The summed E-state index contributed by atoms with van der Waals surface area (Å²) >= 11 is 0. The molecule has 0 heterocycles. The summed E-state index contributed by atoms with van der Waals surface area (Å²) in [4.78, 5) is 10.8. The quantitative estimate of drug-likeness (QED) is 0.550. The average Bonchev–Trinajstić information content (AvgIpc) is 3.03. The van der Waals surface area contributed by atoms with Crippen molar-refractivity contribution < 1.29 is 14.6 Å². The van der Waals surface area contributed by atoms with Crippen molar-refractivity contribution in [1.29, 1.82) is 0 Å². The summed E-state index contributed by atoms with van der Waals surface area (Å²) in [5.41, 5.74) is 2.67. The predicted molar refractivity (Wildman–Crippen MR) is 105 cm³/mol. The van der Waals surface area contributed by atoms with Crippen LogP contribution >= 0.6 is 0 Å². The third kappa shape index (κ3) is 4.81. The van der Waals surface area contributed by atoms with Crippen molar-refractivity contribution in [3.63, 3.8) is 0 Å². The molecule has 0 saturated heterocycles. The summed E-state index contributed by atoms with van der Waals surface area (Å²) in [6.07, 6.45) is 14.7. The molecule has 0 bridgehead atoms. The number of hydrogen-bond donors (Lipinski definition) is 1. The van der Waals surface area contributed by atoms with Crippen LogP contribution in [0, 0.1) is 17.8 Å². The van der Waals surface area contributed by atoms with Gasteiger partial charge in [0.15, 0.2) is 6.61 Å². The molecule has 1 fully saturated rings. The van der Waals surface area contributed by atoms with E-state index in [-0.39, 0.29) is 6.61 Å². The number of fused-ring (bicyclic) bond motifs is 2. The summed E-state index contributed by atoms with van der Waals surface area (Å²) in [5.74, 6) is 2.37. The van der Waals surface area contributed by atoms with Gasteiger partial charge in [-0.1, -0.05) is 64.0 Å². The Bertz CT molecular complexity index is 595. The first-order chi connectivity index (χ1) is 12.7. The van der Waals surface area contributed by atoms with Crippen molar-refractivity contribution >= 4 is 5.97 Å². The lowest BCUT2D eigenvalue weighted by Crippen LogP contribution is -2.26. The van der Waals surface area contributed by atoms with Crippen LogP contribution in [0.3, 0.4) is 0 Å². The van der Waals surface area contributed by atoms with Crippen molar-refractivity contribution in [3.8, 4) is 5.75 Å². The van der Waals surface area contributed by atoms with E-state index in [1.54, 1.807) is 0 Å². The van der Waals surface area contributed by atoms with Gasteiger partial charge in [0.2, 0.25) is 0 Å². The van der Waals surface area contributed by atoms with Crippen molar-refractivity contribution in [2.45, 2.75) is 77.6 Å². The first-order valence-corrected chi connectivity index (χ1v) is 10.6. The molecule has 1 N–H and O–H groups in total. The van der Waals surface area contributed by atoms with E-state index < -0.39 is 5.97 Å². The maximum absolute atomic E-state index is 10.8. The molecule has 3 rings (SSSR count). The van der Waals surface area contributed by atoms with Crippen molar-refractivity contribution in [3.05, 3.63) is 29.3 Å². The van der Waals surface area contributed by atoms with Gasteiger partial charge in [0.05, 0.1) is 0 Å². The molecule has 1 aromatic rings. The van der Waals surface area contributed by atoms with Crippen LogP contribution in [0.5, 0.6) is 5.75 Å². The Balaban J connectivity index is 1.55. The highest BCUT2D eigenvalue weighted by molar-refractivity contribution is 5.68. The summed E-state index contributed by atoms with van der Waals surface area (Å²) in [7, 11) is 0. The molecule has 0 amide bonds. The second-order valence-corrected chi connectivity index (χ2v) is 8.30. The van der Waals surface area contributed by atoms with Gasteiger partial charge >= 0.3 is 5.97 Å². The van der Waals surface area contributed by atoms with Gasteiger partial charge in [-0.15, -0.1) is 0 Å². The average molecular weight is 359 g/mol. The number of carboxylic acids is 1. The van der Waals surface area contributed by atoms with Crippen molar-refractivity contribution in [2.75, 3.05) is 6.61 Å². The number of rotatable bonds is 10. The smallest absolute Gasteiger partial charge is 0.341 e. The molecule has 2 aliphatic rings. The number of unbranched alkanes of at least 4 members (excludes halogenated alkanes) is 5. The molecule has 3 heteroatoms. The highest BCUT2D eigenvalue weighted by Crippen LogP contribution is 2.48. The maximum Gasteiger partial charge on any atom is 0.341 e. The number of aliphatic carboxylic acids is 1. The molecular weight excluding hydrogens is 324 g/mol. The monoisotopic (exact) mass is 358 g/mol. The van der Waals surface area contributed by atoms with Crippen molar-refractivity contribution in [2.24, 2.45) is 17.8 Å². The summed E-state index contributed by atoms with van der Waals surface area (Å²) < 4.78 is 5.55. The van der Waals surface area contributed by atoms with E-state index in [4.69, 9.17) is 9.84 Å². The van der Waals surface area contributed by atoms with Gasteiger partial charge in [0.1, 0.15) is 5.75 Å². The molecule has 144 valence electrons. The Morgan fingerprint density at radius 2 is 1.92 bits per heavy atom. The first kappa shape index (κ1) is 19.3. The van der Waals surface area contributed by atoms with E-state index in [9.17, 15) is 4.79 Å². The molecule has 1 unspecified atom stereocenters. The Hall–Kier alpha value is -1.51. The summed E-state index contributed by atoms with van der Waals surface area (Å²) in [6.45, 7) is 2.03. The second-order valence-electron chi connectivity index (χ2n) is 8.30. The number of benzene rings is 1. The minimum atomic E-state index is -0.906. The Labute approximate surface area is 158 Å². The molecule has 0 aliphatic heterocycles. The lowest BCUT2D eigenvalue weighted by Gasteiger charge is -2.32. The highest BCUT2D eigenvalue weighted by atomic mass is 16.5. The van der Waals surface area contributed by atoms with Crippen molar-refractivity contribution in [1.82, 2.24) is 0 Å². The minimum Gasteiger partial charge on any atom is -0.482 e. The second kappa shape index (κ2) is 9.43. The standard InChI is InChI=1S/C23H34O3/c1-2-3-4-5-6-7-9-17-12-13-19-15-21-18(14-20(17)19)10-8-11-22(21)26-16-23(24)25/h8,10-11,17,19-20H,2-7,9,12-16H2,1H3,(H,24,25)/t17?,19-,20-/m1/s1. The molecule has 26 heavy (non-hydrogen) atoms. The van der Waals surface area contributed by atoms with Gasteiger partial charge in [0, 0.05) is 0 Å². The fourth-order valence-electron chi connectivity index (χ4n) is 5.20. The number of carboxylic acid groups (broad SMARTS) is 1. The van der Waals surface area contributed by atoms with Gasteiger partial charge in [-0.3, -0.25) is 0 Å².